The van der Waals surface area contributed by atoms with Crippen LogP contribution in [0.2, 0.25) is 0 Å². The predicted molar refractivity (Wildman–Crippen MR) is 126 cm³/mol. The molecule has 0 saturated carbocycles. The summed E-state index contributed by atoms with van der Waals surface area (Å²) < 4.78 is 10.6. The molecule has 1 heterocycles. The molecule has 0 radical (unpaired) electrons. The number of hydrogen-bond donors (Lipinski definition) is 3. The van der Waals surface area contributed by atoms with Crippen LogP contribution in [0.4, 0.5) is 5.69 Å². The number of hydrogen-bond acceptors (Lipinski definition) is 7. The van der Waals surface area contributed by atoms with E-state index in [2.05, 4.69) is 15.6 Å². The van der Waals surface area contributed by atoms with E-state index in [-0.39, 0.29) is 24.4 Å². The van der Waals surface area contributed by atoms with Crippen LogP contribution >= 0.6 is 11.3 Å². The number of carbonyl (C=O) groups is 3. The summed E-state index contributed by atoms with van der Waals surface area (Å²) >= 11 is 1.23. The molecule has 0 aliphatic carbocycles. The lowest BCUT2D eigenvalue weighted by atomic mass is 10.1. The van der Waals surface area contributed by atoms with Crippen molar-refractivity contribution < 1.29 is 23.9 Å². The van der Waals surface area contributed by atoms with Crippen molar-refractivity contribution in [3.63, 3.8) is 0 Å². The van der Waals surface area contributed by atoms with Gasteiger partial charge in [0.15, 0.2) is 11.5 Å². The van der Waals surface area contributed by atoms with Crippen molar-refractivity contribution >= 4 is 34.7 Å². The number of primary amides is 1. The Kier molecular flexibility index (Phi) is 7.62. The van der Waals surface area contributed by atoms with Crippen LogP contribution in [0.5, 0.6) is 11.5 Å². The molecule has 10 heteroatoms. The van der Waals surface area contributed by atoms with Crippen LogP contribution in [0.1, 0.15) is 32.1 Å². The summed E-state index contributed by atoms with van der Waals surface area (Å²) in [6.07, 6.45) is 0.0270. The van der Waals surface area contributed by atoms with Gasteiger partial charge in [0.2, 0.25) is 5.91 Å². The molecule has 0 aliphatic rings. The standard InChI is InChI=1S/C23H24N4O5S/c1-13-20(33-23(26-13)14-8-9-17(31-2)18(12-14)32-3)22(30)27-16-7-5-4-6-15(16)21(29)25-11-10-19(24)28/h4-9,12H,10-11H2,1-3H3,(H2,24,28)(H,25,29)(H,27,30). The second-order valence-electron chi connectivity index (χ2n) is 6.98. The van der Waals surface area contributed by atoms with E-state index in [1.165, 1.54) is 11.3 Å². The highest BCUT2D eigenvalue weighted by Crippen LogP contribution is 2.35. The van der Waals surface area contributed by atoms with E-state index in [0.717, 1.165) is 5.56 Å². The number of amides is 3. The summed E-state index contributed by atoms with van der Waals surface area (Å²) in [5.74, 6) is -0.153. The maximum Gasteiger partial charge on any atom is 0.267 e. The van der Waals surface area contributed by atoms with Crippen LogP contribution in [0.15, 0.2) is 42.5 Å². The zero-order chi connectivity index (χ0) is 24.0. The van der Waals surface area contributed by atoms with Crippen LogP contribution < -0.4 is 25.8 Å². The number of anilines is 1. The Morgan fingerprint density at radius 2 is 1.76 bits per heavy atom. The van der Waals surface area contributed by atoms with Gasteiger partial charge in [0.1, 0.15) is 9.88 Å². The molecule has 2 aromatic carbocycles. The topological polar surface area (TPSA) is 133 Å². The number of benzene rings is 2. The van der Waals surface area contributed by atoms with Crippen molar-refractivity contribution in [2.75, 3.05) is 26.1 Å². The van der Waals surface area contributed by atoms with Gasteiger partial charge in [-0.25, -0.2) is 4.98 Å². The van der Waals surface area contributed by atoms with Crippen LogP contribution in [0.25, 0.3) is 10.6 Å². The Morgan fingerprint density at radius 3 is 2.45 bits per heavy atom. The maximum absolute atomic E-state index is 13.0. The molecule has 0 spiro atoms. The van der Waals surface area contributed by atoms with Crippen molar-refractivity contribution in [1.29, 1.82) is 0 Å². The van der Waals surface area contributed by atoms with Crippen molar-refractivity contribution in [3.8, 4) is 22.1 Å². The molecule has 3 rings (SSSR count). The van der Waals surface area contributed by atoms with E-state index in [4.69, 9.17) is 15.2 Å². The monoisotopic (exact) mass is 468 g/mol. The fourth-order valence-electron chi connectivity index (χ4n) is 3.06. The number of para-hydroxylation sites is 1. The van der Waals surface area contributed by atoms with Crippen LogP contribution in [-0.4, -0.2) is 43.5 Å². The second-order valence-corrected chi connectivity index (χ2v) is 7.97. The molecule has 0 fully saturated rings. The summed E-state index contributed by atoms with van der Waals surface area (Å²) in [5, 5.41) is 6.05. The van der Waals surface area contributed by atoms with Crippen molar-refractivity contribution in [2.45, 2.75) is 13.3 Å². The Labute approximate surface area is 194 Å². The summed E-state index contributed by atoms with van der Waals surface area (Å²) in [7, 11) is 3.11. The first kappa shape index (κ1) is 23.7. The number of aromatic nitrogens is 1. The van der Waals surface area contributed by atoms with Crippen molar-refractivity contribution in [1.82, 2.24) is 10.3 Å². The SMILES string of the molecule is COc1ccc(-c2nc(C)c(C(=O)Nc3ccccc3C(=O)NCCC(N)=O)s2)cc1OC. The van der Waals surface area contributed by atoms with Gasteiger partial charge in [-0.1, -0.05) is 12.1 Å². The fourth-order valence-corrected chi connectivity index (χ4v) is 4.02. The van der Waals surface area contributed by atoms with Crippen LogP contribution in [-0.2, 0) is 4.79 Å². The first-order chi connectivity index (χ1) is 15.8. The van der Waals surface area contributed by atoms with E-state index in [1.807, 2.05) is 6.07 Å². The molecule has 9 nitrogen and oxygen atoms in total. The molecule has 0 bridgehead atoms. The zero-order valence-electron chi connectivity index (χ0n) is 18.4. The molecule has 0 aliphatic heterocycles. The van der Waals surface area contributed by atoms with Gasteiger partial charge >= 0.3 is 0 Å². The highest BCUT2D eigenvalue weighted by molar-refractivity contribution is 7.17. The smallest absolute Gasteiger partial charge is 0.267 e. The number of rotatable bonds is 9. The third-order valence-corrected chi connectivity index (χ3v) is 5.92. The summed E-state index contributed by atoms with van der Waals surface area (Å²) in [6.45, 7) is 1.86. The van der Waals surface area contributed by atoms with E-state index >= 15 is 0 Å². The number of nitrogens with one attached hydrogen (secondary N) is 2. The molecule has 3 amide bonds. The van der Waals surface area contributed by atoms with Gasteiger partial charge in [-0.2, -0.15) is 0 Å². The maximum atomic E-state index is 13.0. The zero-order valence-corrected chi connectivity index (χ0v) is 19.2. The number of ether oxygens (including phenoxy) is 2. The lowest BCUT2D eigenvalue weighted by Crippen LogP contribution is -2.28. The van der Waals surface area contributed by atoms with Gasteiger partial charge in [0.05, 0.1) is 31.2 Å². The molecular formula is C23H24N4O5S. The molecule has 172 valence electrons. The number of methoxy groups -OCH3 is 2. The molecule has 4 N–H and O–H groups in total. The van der Waals surface area contributed by atoms with E-state index in [9.17, 15) is 14.4 Å². The predicted octanol–water partition coefficient (Wildman–Crippen LogP) is 2.99. The van der Waals surface area contributed by atoms with Gasteiger partial charge < -0.3 is 25.8 Å². The quantitative estimate of drug-likeness (QED) is 0.442. The Balaban J connectivity index is 1.81. The molecule has 0 atom stereocenters. The largest absolute Gasteiger partial charge is 0.493 e. The first-order valence-electron chi connectivity index (χ1n) is 10.0. The minimum absolute atomic E-state index is 0.0270. The summed E-state index contributed by atoms with van der Waals surface area (Å²) in [4.78, 5) is 41.3. The average molecular weight is 469 g/mol. The Morgan fingerprint density at radius 1 is 1.03 bits per heavy atom. The third-order valence-electron chi connectivity index (χ3n) is 4.71. The Bertz CT molecular complexity index is 1190. The Hall–Kier alpha value is -3.92. The number of aryl methyl sites for hydroxylation is 1. The van der Waals surface area contributed by atoms with Gasteiger partial charge in [0, 0.05) is 18.5 Å². The van der Waals surface area contributed by atoms with Crippen molar-refractivity contribution in [3.05, 3.63) is 58.6 Å². The summed E-state index contributed by atoms with van der Waals surface area (Å²) in [5.41, 5.74) is 7.07. The lowest BCUT2D eigenvalue weighted by molar-refractivity contribution is -0.117. The number of nitrogens with two attached hydrogens (primary N) is 1. The van der Waals surface area contributed by atoms with E-state index in [1.54, 1.807) is 57.5 Å². The summed E-state index contributed by atoms with van der Waals surface area (Å²) in [6, 6.07) is 12.0. The average Bonchev–Trinajstić information content (AvgIpc) is 3.20. The number of carbonyl (C=O) groups excluding carboxylic acids is 3. The minimum Gasteiger partial charge on any atom is -0.493 e. The fraction of sp³-hybridized carbons (Fsp3) is 0.217. The molecule has 0 unspecified atom stereocenters. The molecule has 33 heavy (non-hydrogen) atoms. The van der Waals surface area contributed by atoms with Crippen molar-refractivity contribution in [2.24, 2.45) is 5.73 Å². The lowest BCUT2D eigenvalue weighted by Gasteiger charge is -2.11. The van der Waals surface area contributed by atoms with E-state index in [0.29, 0.717) is 32.8 Å². The molecular weight excluding hydrogens is 444 g/mol. The van der Waals surface area contributed by atoms with Gasteiger partial charge in [-0.05, 0) is 37.3 Å². The highest BCUT2D eigenvalue weighted by atomic mass is 32.1. The van der Waals surface area contributed by atoms with Gasteiger partial charge in [0.25, 0.3) is 11.8 Å². The van der Waals surface area contributed by atoms with Gasteiger partial charge in [-0.3, -0.25) is 14.4 Å². The van der Waals surface area contributed by atoms with Crippen LogP contribution in [0, 0.1) is 6.92 Å². The second kappa shape index (κ2) is 10.6. The minimum atomic E-state index is -0.511. The molecule has 1 aromatic heterocycles. The molecule has 0 saturated heterocycles. The van der Waals surface area contributed by atoms with E-state index < -0.39 is 11.8 Å². The highest BCUT2D eigenvalue weighted by Gasteiger charge is 2.20. The normalized spacial score (nSPS) is 10.4. The molecule has 3 aromatic rings. The third kappa shape index (κ3) is 5.66. The first-order valence-corrected chi connectivity index (χ1v) is 10.8. The van der Waals surface area contributed by atoms with Gasteiger partial charge in [-0.15, -0.1) is 11.3 Å². The number of nitrogens with zero attached hydrogens (tertiary/aromatic N) is 1. The number of thiazole rings is 1. The van der Waals surface area contributed by atoms with Crippen LogP contribution in [0.3, 0.4) is 0 Å².